The molecule has 0 radical (unpaired) electrons. The summed E-state index contributed by atoms with van der Waals surface area (Å²) in [6.07, 6.45) is 2.12. The number of piperazine rings is 1. The van der Waals surface area contributed by atoms with Gasteiger partial charge in [-0.05, 0) is 28.0 Å². The maximum atomic E-state index is 13.3. The number of benzene rings is 4. The van der Waals surface area contributed by atoms with Crippen molar-refractivity contribution in [2.24, 2.45) is 0 Å². The molecule has 0 saturated carbocycles. The molecule has 174 valence electrons. The molecule has 4 aromatic carbocycles. The second-order valence-corrected chi connectivity index (χ2v) is 9.24. The predicted molar refractivity (Wildman–Crippen MR) is 140 cm³/mol. The zero-order valence-corrected chi connectivity index (χ0v) is 19.6. The summed E-state index contributed by atoms with van der Waals surface area (Å²) in [6, 6.07) is 33.9. The highest BCUT2D eigenvalue weighted by Crippen LogP contribution is 2.32. The van der Waals surface area contributed by atoms with Crippen molar-refractivity contribution < 1.29 is 9.21 Å². The van der Waals surface area contributed by atoms with Crippen LogP contribution in [-0.2, 0) is 11.2 Å². The first-order valence-corrected chi connectivity index (χ1v) is 12.3. The van der Waals surface area contributed by atoms with Gasteiger partial charge in [0.1, 0.15) is 5.58 Å². The summed E-state index contributed by atoms with van der Waals surface area (Å²) in [7, 11) is 0. The van der Waals surface area contributed by atoms with Gasteiger partial charge in [-0.3, -0.25) is 9.69 Å². The van der Waals surface area contributed by atoms with Gasteiger partial charge in [-0.1, -0.05) is 91.0 Å². The third-order valence-electron chi connectivity index (χ3n) is 7.14. The fraction of sp³-hybridized carbons (Fsp3) is 0.194. The van der Waals surface area contributed by atoms with Crippen molar-refractivity contribution in [2.75, 3.05) is 26.2 Å². The van der Waals surface area contributed by atoms with Crippen LogP contribution in [0.2, 0.25) is 0 Å². The van der Waals surface area contributed by atoms with Crippen LogP contribution in [-0.4, -0.2) is 41.9 Å². The van der Waals surface area contributed by atoms with E-state index in [1.165, 1.54) is 11.1 Å². The molecule has 0 N–H and O–H groups in total. The van der Waals surface area contributed by atoms with Gasteiger partial charge < -0.3 is 9.32 Å². The van der Waals surface area contributed by atoms with E-state index in [-0.39, 0.29) is 11.9 Å². The Hall–Kier alpha value is -3.89. The van der Waals surface area contributed by atoms with Crippen molar-refractivity contribution in [2.45, 2.75) is 12.5 Å². The van der Waals surface area contributed by atoms with Crippen LogP contribution in [0.5, 0.6) is 0 Å². The Morgan fingerprint density at radius 2 is 1.37 bits per heavy atom. The molecule has 1 fully saturated rings. The summed E-state index contributed by atoms with van der Waals surface area (Å²) >= 11 is 0. The van der Waals surface area contributed by atoms with Gasteiger partial charge in [-0.2, -0.15) is 0 Å². The minimum Gasteiger partial charge on any atom is -0.464 e. The predicted octanol–water partition coefficient (Wildman–Crippen LogP) is 6.06. The first-order chi connectivity index (χ1) is 17.3. The molecule has 0 atom stereocenters. The summed E-state index contributed by atoms with van der Waals surface area (Å²) in [5.41, 5.74) is 4.38. The lowest BCUT2D eigenvalue weighted by Crippen LogP contribution is -2.50. The van der Waals surface area contributed by atoms with Gasteiger partial charge >= 0.3 is 0 Å². The molecule has 0 aliphatic carbocycles. The summed E-state index contributed by atoms with van der Waals surface area (Å²) in [5.74, 6) is 0.163. The summed E-state index contributed by atoms with van der Waals surface area (Å²) in [5, 5.41) is 3.36. The Morgan fingerprint density at radius 1 is 0.743 bits per heavy atom. The molecule has 2 heterocycles. The number of furan rings is 1. The molecule has 0 spiro atoms. The Labute approximate surface area is 205 Å². The van der Waals surface area contributed by atoms with Crippen LogP contribution in [0.15, 0.2) is 108 Å². The normalized spacial score (nSPS) is 14.7. The van der Waals surface area contributed by atoms with Gasteiger partial charge in [0, 0.05) is 37.1 Å². The maximum absolute atomic E-state index is 13.3. The second kappa shape index (κ2) is 9.40. The van der Waals surface area contributed by atoms with Gasteiger partial charge in [0.05, 0.1) is 18.7 Å². The van der Waals surface area contributed by atoms with Gasteiger partial charge in [-0.15, -0.1) is 0 Å². The van der Waals surface area contributed by atoms with Crippen molar-refractivity contribution in [1.29, 1.82) is 0 Å². The highest BCUT2D eigenvalue weighted by molar-refractivity contribution is 6.08. The summed E-state index contributed by atoms with van der Waals surface area (Å²) < 4.78 is 5.81. The maximum Gasteiger partial charge on any atom is 0.227 e. The van der Waals surface area contributed by atoms with Crippen LogP contribution in [0.3, 0.4) is 0 Å². The van der Waals surface area contributed by atoms with Crippen molar-refractivity contribution in [1.82, 2.24) is 9.80 Å². The quantitative estimate of drug-likeness (QED) is 0.320. The Morgan fingerprint density at radius 3 is 2.06 bits per heavy atom. The summed E-state index contributed by atoms with van der Waals surface area (Å²) in [4.78, 5) is 17.8. The van der Waals surface area contributed by atoms with E-state index in [0.29, 0.717) is 6.42 Å². The van der Waals surface area contributed by atoms with Crippen molar-refractivity contribution in [3.63, 3.8) is 0 Å². The molecular formula is C31H28N2O2. The smallest absolute Gasteiger partial charge is 0.227 e. The SMILES string of the molecule is O=C(Cc1coc2ccc3ccccc3c12)N1CCN(C(c2ccccc2)c2ccccc2)CC1. The molecule has 1 aromatic heterocycles. The first-order valence-electron chi connectivity index (χ1n) is 12.3. The molecule has 1 saturated heterocycles. The minimum absolute atomic E-state index is 0.163. The van der Waals surface area contributed by atoms with Gasteiger partial charge in [0.25, 0.3) is 0 Å². The molecular weight excluding hydrogens is 432 g/mol. The summed E-state index contributed by atoms with van der Waals surface area (Å²) in [6.45, 7) is 3.14. The van der Waals surface area contributed by atoms with E-state index in [1.807, 2.05) is 23.1 Å². The van der Waals surface area contributed by atoms with Crippen LogP contribution in [0.1, 0.15) is 22.7 Å². The van der Waals surface area contributed by atoms with E-state index >= 15 is 0 Å². The molecule has 1 aliphatic heterocycles. The van der Waals surface area contributed by atoms with Gasteiger partial charge in [-0.25, -0.2) is 0 Å². The highest BCUT2D eigenvalue weighted by Gasteiger charge is 2.28. The van der Waals surface area contributed by atoms with Gasteiger partial charge in [0.2, 0.25) is 5.91 Å². The molecule has 1 amide bonds. The fourth-order valence-corrected chi connectivity index (χ4v) is 5.39. The monoisotopic (exact) mass is 460 g/mol. The fourth-order valence-electron chi connectivity index (χ4n) is 5.39. The average Bonchev–Trinajstić information content (AvgIpc) is 3.33. The molecule has 4 heteroatoms. The zero-order chi connectivity index (χ0) is 23.6. The average molecular weight is 461 g/mol. The standard InChI is InChI=1S/C31H28N2O2/c34-29(21-26-22-35-28-16-15-23-9-7-8-14-27(23)30(26)28)32-17-19-33(20-18-32)31(24-10-3-1-4-11-24)25-12-5-2-6-13-25/h1-16,22,31H,17-21H2. The Kier molecular flexibility index (Phi) is 5.81. The minimum atomic E-state index is 0.163. The van der Waals surface area contributed by atoms with Crippen molar-refractivity contribution in [3.8, 4) is 0 Å². The lowest BCUT2D eigenvalue weighted by atomic mass is 9.96. The lowest BCUT2D eigenvalue weighted by Gasteiger charge is -2.39. The topological polar surface area (TPSA) is 36.7 Å². The molecule has 35 heavy (non-hydrogen) atoms. The molecule has 5 aromatic rings. The van der Waals surface area contributed by atoms with Crippen molar-refractivity contribution >= 4 is 27.6 Å². The molecule has 1 aliphatic rings. The van der Waals surface area contributed by atoms with E-state index in [1.54, 1.807) is 6.26 Å². The number of hydrogen-bond acceptors (Lipinski definition) is 3. The van der Waals surface area contributed by atoms with Crippen LogP contribution >= 0.6 is 0 Å². The first kappa shape index (κ1) is 21.6. The van der Waals surface area contributed by atoms with Gasteiger partial charge in [0.15, 0.2) is 0 Å². The molecule has 0 unspecified atom stereocenters. The van der Waals surface area contributed by atoms with E-state index in [2.05, 4.69) is 83.8 Å². The van der Waals surface area contributed by atoms with E-state index in [9.17, 15) is 4.79 Å². The number of fused-ring (bicyclic) bond motifs is 3. The van der Waals surface area contributed by atoms with Crippen LogP contribution in [0.25, 0.3) is 21.7 Å². The molecule has 4 nitrogen and oxygen atoms in total. The van der Waals surface area contributed by atoms with Crippen LogP contribution in [0.4, 0.5) is 0 Å². The second-order valence-electron chi connectivity index (χ2n) is 9.24. The third-order valence-corrected chi connectivity index (χ3v) is 7.14. The number of amides is 1. The largest absolute Gasteiger partial charge is 0.464 e. The number of nitrogens with zero attached hydrogens (tertiary/aromatic N) is 2. The molecule has 6 rings (SSSR count). The highest BCUT2D eigenvalue weighted by atomic mass is 16.3. The molecule has 0 bridgehead atoms. The van der Waals surface area contributed by atoms with E-state index in [0.717, 1.165) is 53.5 Å². The number of hydrogen-bond donors (Lipinski definition) is 0. The number of carbonyl (C=O) groups is 1. The van der Waals surface area contributed by atoms with E-state index < -0.39 is 0 Å². The number of carbonyl (C=O) groups excluding carboxylic acids is 1. The Balaban J connectivity index is 1.19. The zero-order valence-electron chi connectivity index (χ0n) is 19.6. The third kappa shape index (κ3) is 4.22. The Bertz CT molecular complexity index is 1410. The number of rotatable bonds is 5. The lowest BCUT2D eigenvalue weighted by molar-refractivity contribution is -0.132. The van der Waals surface area contributed by atoms with Crippen LogP contribution in [0, 0.1) is 0 Å². The van der Waals surface area contributed by atoms with E-state index in [4.69, 9.17) is 4.42 Å². The van der Waals surface area contributed by atoms with Crippen LogP contribution < -0.4 is 0 Å². The van der Waals surface area contributed by atoms with Crippen molar-refractivity contribution in [3.05, 3.63) is 120 Å².